The highest BCUT2D eigenvalue weighted by molar-refractivity contribution is 8.01. The van der Waals surface area contributed by atoms with Crippen LogP contribution < -0.4 is 10.6 Å². The van der Waals surface area contributed by atoms with E-state index >= 15 is 0 Å². The fourth-order valence-electron chi connectivity index (χ4n) is 2.35. The third-order valence-corrected chi connectivity index (χ3v) is 6.02. The van der Waals surface area contributed by atoms with Crippen molar-refractivity contribution in [2.45, 2.75) is 17.2 Å². The Morgan fingerprint density at radius 3 is 2.41 bits per heavy atom. The lowest BCUT2D eigenvalue weighted by Crippen LogP contribution is -2.13. The summed E-state index contributed by atoms with van der Waals surface area (Å²) in [6.45, 7) is 0. The molecule has 0 bridgehead atoms. The molecule has 2 amide bonds. The summed E-state index contributed by atoms with van der Waals surface area (Å²) in [5.74, 6) is -0.213. The van der Waals surface area contributed by atoms with E-state index in [4.69, 9.17) is 23.2 Å². The number of thioether (sulfide) groups is 1. The minimum atomic E-state index is -0.225. The van der Waals surface area contributed by atoms with Crippen LogP contribution in [0.15, 0.2) is 52.9 Å². The van der Waals surface area contributed by atoms with Crippen molar-refractivity contribution in [1.29, 1.82) is 0 Å². The van der Waals surface area contributed by atoms with Gasteiger partial charge in [0.15, 0.2) is 4.34 Å². The van der Waals surface area contributed by atoms with E-state index in [-0.39, 0.29) is 17.6 Å². The van der Waals surface area contributed by atoms with Gasteiger partial charge < -0.3 is 10.6 Å². The molecular weight excluding hydrogens is 451 g/mol. The Labute approximate surface area is 186 Å². The predicted octanol–water partition coefficient (Wildman–Crippen LogP) is 5.15. The van der Waals surface area contributed by atoms with Crippen molar-refractivity contribution in [2.75, 3.05) is 16.4 Å². The molecule has 0 aliphatic heterocycles. The number of hydrogen-bond donors (Lipinski definition) is 2. The van der Waals surface area contributed by atoms with E-state index in [0.29, 0.717) is 38.0 Å². The Balaban J connectivity index is 1.43. The first kappa shape index (κ1) is 21.6. The Bertz CT molecular complexity index is 979. The number of aryl methyl sites for hydroxylation is 1. The van der Waals surface area contributed by atoms with Crippen LogP contribution in [0.2, 0.25) is 10.0 Å². The largest absolute Gasteiger partial charge is 0.325 e. The van der Waals surface area contributed by atoms with Gasteiger partial charge in [-0.2, -0.15) is 0 Å². The summed E-state index contributed by atoms with van der Waals surface area (Å²) in [5, 5.41) is 14.7. The zero-order valence-electron chi connectivity index (χ0n) is 15.0. The predicted molar refractivity (Wildman–Crippen MR) is 119 cm³/mol. The minimum Gasteiger partial charge on any atom is -0.325 e. The number of amides is 2. The zero-order valence-corrected chi connectivity index (χ0v) is 18.2. The van der Waals surface area contributed by atoms with E-state index in [9.17, 15) is 9.59 Å². The summed E-state index contributed by atoms with van der Waals surface area (Å²) in [7, 11) is 0. The van der Waals surface area contributed by atoms with Gasteiger partial charge in [0.2, 0.25) is 16.9 Å². The van der Waals surface area contributed by atoms with Gasteiger partial charge in [0.05, 0.1) is 5.75 Å². The number of rotatable bonds is 8. The number of anilines is 2. The number of nitrogens with one attached hydrogen (secondary N) is 2. The molecule has 0 spiro atoms. The molecule has 0 radical (unpaired) electrons. The number of carbonyl (C=O) groups excluding carboxylic acids is 2. The molecule has 0 saturated heterocycles. The highest BCUT2D eigenvalue weighted by atomic mass is 35.5. The van der Waals surface area contributed by atoms with Crippen LogP contribution in [0, 0.1) is 0 Å². The van der Waals surface area contributed by atoms with Gasteiger partial charge in [-0.15, -0.1) is 10.2 Å². The van der Waals surface area contributed by atoms with Crippen LogP contribution in [-0.4, -0.2) is 27.8 Å². The topological polar surface area (TPSA) is 84.0 Å². The lowest BCUT2D eigenvalue weighted by molar-refractivity contribution is -0.116. The number of halogens is 2. The summed E-state index contributed by atoms with van der Waals surface area (Å²) in [6.07, 6.45) is 1.01. The molecule has 0 aliphatic rings. The third kappa shape index (κ3) is 7.32. The Hall–Kier alpha value is -2.13. The maximum atomic E-state index is 12.1. The average molecular weight is 467 g/mol. The van der Waals surface area contributed by atoms with Gasteiger partial charge in [-0.05, 0) is 30.2 Å². The minimum absolute atomic E-state index is 0.128. The van der Waals surface area contributed by atoms with Gasteiger partial charge in [0.25, 0.3) is 0 Å². The lowest BCUT2D eigenvalue weighted by atomic mass is 10.1. The molecule has 2 N–H and O–H groups in total. The third-order valence-electron chi connectivity index (χ3n) is 3.61. The fourth-order valence-corrected chi connectivity index (χ4v) is 4.45. The molecule has 2 aromatic carbocycles. The van der Waals surface area contributed by atoms with Gasteiger partial charge in [-0.3, -0.25) is 9.59 Å². The number of hydrogen-bond acceptors (Lipinski definition) is 6. The molecule has 1 heterocycles. The maximum absolute atomic E-state index is 12.1. The van der Waals surface area contributed by atoms with Crippen LogP contribution in [0.4, 0.5) is 10.8 Å². The van der Waals surface area contributed by atoms with Gasteiger partial charge in [-0.1, -0.05) is 76.6 Å². The van der Waals surface area contributed by atoms with Crippen molar-refractivity contribution in [3.8, 4) is 0 Å². The number of carbonyl (C=O) groups is 2. The highest BCUT2D eigenvalue weighted by Gasteiger charge is 2.11. The van der Waals surface area contributed by atoms with Crippen LogP contribution in [0.3, 0.4) is 0 Å². The van der Waals surface area contributed by atoms with E-state index < -0.39 is 0 Å². The van der Waals surface area contributed by atoms with Crippen molar-refractivity contribution < 1.29 is 9.59 Å². The van der Waals surface area contributed by atoms with Crippen molar-refractivity contribution in [2.24, 2.45) is 0 Å². The molecule has 29 heavy (non-hydrogen) atoms. The van der Waals surface area contributed by atoms with Crippen LogP contribution in [0.5, 0.6) is 0 Å². The second kappa shape index (κ2) is 10.6. The van der Waals surface area contributed by atoms with Crippen molar-refractivity contribution in [3.63, 3.8) is 0 Å². The van der Waals surface area contributed by atoms with E-state index in [1.807, 2.05) is 30.3 Å². The van der Waals surface area contributed by atoms with E-state index in [1.165, 1.54) is 23.1 Å². The van der Waals surface area contributed by atoms with Crippen LogP contribution in [0.25, 0.3) is 0 Å². The molecule has 0 unspecified atom stereocenters. The fraction of sp³-hybridized carbons (Fsp3) is 0.158. The second-order valence-corrected chi connectivity index (χ2v) is 8.97. The molecule has 6 nitrogen and oxygen atoms in total. The number of nitrogens with zero attached hydrogens (tertiary/aromatic N) is 2. The normalized spacial score (nSPS) is 10.6. The Morgan fingerprint density at radius 1 is 0.966 bits per heavy atom. The molecule has 1 aromatic heterocycles. The molecule has 0 atom stereocenters. The first-order chi connectivity index (χ1) is 14.0. The van der Waals surface area contributed by atoms with Gasteiger partial charge >= 0.3 is 0 Å². The van der Waals surface area contributed by atoms with Crippen molar-refractivity contribution in [1.82, 2.24) is 10.2 Å². The summed E-state index contributed by atoms with van der Waals surface area (Å²) in [5.41, 5.74) is 1.62. The van der Waals surface area contributed by atoms with Gasteiger partial charge in [0, 0.05) is 22.2 Å². The first-order valence-electron chi connectivity index (χ1n) is 8.54. The molecule has 3 aromatic rings. The van der Waals surface area contributed by atoms with E-state index in [0.717, 1.165) is 5.56 Å². The summed E-state index contributed by atoms with van der Waals surface area (Å²) < 4.78 is 0.586. The van der Waals surface area contributed by atoms with Crippen LogP contribution in [0.1, 0.15) is 12.0 Å². The maximum Gasteiger partial charge on any atom is 0.234 e. The molecular formula is C19H16Cl2N4O2S2. The van der Waals surface area contributed by atoms with Gasteiger partial charge in [-0.25, -0.2) is 0 Å². The van der Waals surface area contributed by atoms with Gasteiger partial charge in [0.1, 0.15) is 0 Å². The van der Waals surface area contributed by atoms with Crippen LogP contribution in [-0.2, 0) is 16.0 Å². The quantitative estimate of drug-likeness (QED) is 0.354. The van der Waals surface area contributed by atoms with E-state index in [2.05, 4.69) is 20.8 Å². The van der Waals surface area contributed by atoms with E-state index in [1.54, 1.807) is 18.2 Å². The number of benzene rings is 2. The molecule has 0 aliphatic carbocycles. The average Bonchev–Trinajstić information content (AvgIpc) is 3.12. The first-order valence-corrected chi connectivity index (χ1v) is 11.1. The molecule has 3 rings (SSSR count). The van der Waals surface area contributed by atoms with Crippen molar-refractivity contribution in [3.05, 3.63) is 64.1 Å². The summed E-state index contributed by atoms with van der Waals surface area (Å²) in [6, 6.07) is 14.6. The van der Waals surface area contributed by atoms with Crippen molar-refractivity contribution >= 4 is 68.9 Å². The summed E-state index contributed by atoms with van der Waals surface area (Å²) in [4.78, 5) is 24.1. The standard InChI is InChI=1S/C19H16Cl2N4O2S2/c20-13-8-14(21)10-15(9-13)22-17(27)11-28-19-25-24-18(29-19)23-16(26)7-6-12-4-2-1-3-5-12/h1-5,8-10H,6-7,11H2,(H,22,27)(H,23,24,26). The molecule has 0 fully saturated rings. The Morgan fingerprint density at radius 2 is 1.69 bits per heavy atom. The molecule has 150 valence electrons. The molecule has 10 heteroatoms. The highest BCUT2D eigenvalue weighted by Crippen LogP contribution is 2.26. The zero-order chi connectivity index (χ0) is 20.6. The summed E-state index contributed by atoms with van der Waals surface area (Å²) >= 11 is 14.3. The van der Waals surface area contributed by atoms with Crippen LogP contribution >= 0.6 is 46.3 Å². The smallest absolute Gasteiger partial charge is 0.234 e. The second-order valence-electron chi connectivity index (χ2n) is 5.90. The lowest BCUT2D eigenvalue weighted by Gasteiger charge is -2.05. The number of aromatic nitrogens is 2. The Kier molecular flexibility index (Phi) is 7.88. The SMILES string of the molecule is O=C(CSc1nnc(NC(=O)CCc2ccccc2)s1)Nc1cc(Cl)cc(Cl)c1. The monoisotopic (exact) mass is 466 g/mol. The molecule has 0 saturated carbocycles.